The molecule has 0 aromatic heterocycles. The Morgan fingerprint density at radius 2 is 1.77 bits per heavy atom. The topological polar surface area (TPSA) is 70.7 Å². The largest absolute Gasteiger partial charge is 0.382 e. The maximum absolute atomic E-state index is 14.7. The number of benzene rings is 1. The number of morpholine rings is 1. The van der Waals surface area contributed by atoms with Crippen LogP contribution in [0.15, 0.2) is 18.2 Å². The fourth-order valence-electron chi connectivity index (χ4n) is 4.34. The highest BCUT2D eigenvalue weighted by Gasteiger charge is 2.27. The van der Waals surface area contributed by atoms with Crippen molar-refractivity contribution in [2.75, 3.05) is 29.9 Å². The predicted octanol–water partition coefficient (Wildman–Crippen LogP) is 3.74. The maximum Gasteiger partial charge on any atom is 0.214 e. The third-order valence-electron chi connectivity index (χ3n) is 6.12. The molecule has 170 valence electrons. The third kappa shape index (κ3) is 6.08. The van der Waals surface area contributed by atoms with Crippen LogP contribution in [0.2, 0.25) is 0 Å². The Kier molecular flexibility index (Phi) is 7.63. The lowest BCUT2D eigenvalue weighted by atomic mass is 9.86. The summed E-state index contributed by atoms with van der Waals surface area (Å²) in [5.74, 6) is 0.183. The monoisotopic (exact) mass is 441 g/mol. The van der Waals surface area contributed by atoms with Gasteiger partial charge < -0.3 is 15.0 Å². The van der Waals surface area contributed by atoms with Gasteiger partial charge in [-0.2, -0.15) is 0 Å². The van der Waals surface area contributed by atoms with Crippen LogP contribution in [0.5, 0.6) is 0 Å². The zero-order chi connectivity index (χ0) is 21.9. The van der Waals surface area contributed by atoms with Crippen molar-refractivity contribution < 1.29 is 17.5 Å². The summed E-state index contributed by atoms with van der Waals surface area (Å²) in [6.45, 7) is 9.69. The molecule has 6 nitrogen and oxygen atoms in total. The molecule has 1 aromatic carbocycles. The van der Waals surface area contributed by atoms with Crippen LogP contribution in [0.25, 0.3) is 0 Å². The molecule has 1 aliphatic carbocycles. The average molecular weight is 442 g/mol. The summed E-state index contributed by atoms with van der Waals surface area (Å²) in [6.07, 6.45) is 3.79. The first-order chi connectivity index (χ1) is 14.1. The molecule has 0 radical (unpaired) electrons. The van der Waals surface area contributed by atoms with Crippen molar-refractivity contribution >= 4 is 21.4 Å². The van der Waals surface area contributed by atoms with Gasteiger partial charge in [0.05, 0.1) is 23.1 Å². The van der Waals surface area contributed by atoms with Crippen LogP contribution >= 0.6 is 0 Å². The second kappa shape index (κ2) is 9.83. The molecule has 0 spiro atoms. The molecule has 2 atom stereocenters. The lowest BCUT2D eigenvalue weighted by Crippen LogP contribution is -2.45. The molecule has 1 heterocycles. The molecule has 2 fully saturated rings. The molecule has 2 N–H and O–H groups in total. The Balaban J connectivity index is 1.49. The molecule has 30 heavy (non-hydrogen) atoms. The third-order valence-corrected chi connectivity index (χ3v) is 8.02. The quantitative estimate of drug-likeness (QED) is 0.675. The fourth-order valence-corrected chi connectivity index (χ4v) is 5.31. The number of hydrogen-bond donors (Lipinski definition) is 2. The van der Waals surface area contributed by atoms with Gasteiger partial charge in [0.15, 0.2) is 0 Å². The van der Waals surface area contributed by atoms with E-state index in [1.807, 2.05) is 26.0 Å². The summed E-state index contributed by atoms with van der Waals surface area (Å²) < 4.78 is 47.3. The van der Waals surface area contributed by atoms with Gasteiger partial charge in [-0.1, -0.05) is 0 Å². The first-order valence-corrected chi connectivity index (χ1v) is 12.6. The summed E-state index contributed by atoms with van der Waals surface area (Å²) in [6, 6.07) is 5.40. The molecule has 1 saturated heterocycles. The Bertz CT molecular complexity index is 800. The van der Waals surface area contributed by atoms with Gasteiger partial charge in [-0.15, -0.1) is 0 Å². The van der Waals surface area contributed by atoms with Crippen molar-refractivity contribution in [3.8, 4) is 0 Å². The minimum atomic E-state index is -3.22. The summed E-state index contributed by atoms with van der Waals surface area (Å²) in [5, 5.41) is 2.84. The van der Waals surface area contributed by atoms with E-state index in [4.69, 9.17) is 4.74 Å². The van der Waals surface area contributed by atoms with Crippen molar-refractivity contribution in [3.05, 3.63) is 24.0 Å². The second-order valence-corrected chi connectivity index (χ2v) is 11.4. The van der Waals surface area contributed by atoms with Crippen LogP contribution in [-0.2, 0) is 14.8 Å². The maximum atomic E-state index is 14.7. The van der Waals surface area contributed by atoms with E-state index in [0.29, 0.717) is 18.2 Å². The van der Waals surface area contributed by atoms with Gasteiger partial charge in [0.25, 0.3) is 0 Å². The van der Waals surface area contributed by atoms with Gasteiger partial charge in [0, 0.05) is 31.4 Å². The number of sulfonamides is 1. The van der Waals surface area contributed by atoms with E-state index in [0.717, 1.165) is 44.5 Å². The smallest absolute Gasteiger partial charge is 0.214 e. The zero-order valence-corrected chi connectivity index (χ0v) is 19.3. The molecule has 1 aromatic rings. The SMILES string of the molecule is CC(C)S(=O)(=O)N[C@H]1CC[C@H](CNc2ccc(N3C[C@@H](C)O[C@@H](C)C3)cc2F)CC1. The Hall–Kier alpha value is -1.38. The second-order valence-electron chi connectivity index (χ2n) is 9.14. The highest BCUT2D eigenvalue weighted by Crippen LogP contribution is 2.28. The normalized spacial score (nSPS) is 28.0. The number of rotatable bonds is 7. The van der Waals surface area contributed by atoms with Crippen LogP contribution in [0.4, 0.5) is 15.8 Å². The predicted molar refractivity (Wildman–Crippen MR) is 120 cm³/mol. The van der Waals surface area contributed by atoms with Gasteiger partial charge in [-0.25, -0.2) is 17.5 Å². The minimum Gasteiger partial charge on any atom is -0.382 e. The molecule has 1 aliphatic heterocycles. The van der Waals surface area contributed by atoms with E-state index in [1.54, 1.807) is 19.9 Å². The van der Waals surface area contributed by atoms with Gasteiger partial charge in [-0.3, -0.25) is 0 Å². The molecule has 8 heteroatoms. The Labute approximate surface area is 180 Å². The van der Waals surface area contributed by atoms with Gasteiger partial charge in [0.1, 0.15) is 5.82 Å². The average Bonchev–Trinajstić information content (AvgIpc) is 2.67. The lowest BCUT2D eigenvalue weighted by molar-refractivity contribution is -0.00523. The molecule has 3 rings (SSSR count). The number of nitrogens with one attached hydrogen (secondary N) is 2. The number of halogens is 1. The standard InChI is InChI=1S/C22H36FN3O3S/c1-15(2)30(27,28)25-19-7-5-18(6-8-19)12-24-22-10-9-20(11-21(22)23)26-13-16(3)29-17(4)14-26/h9-11,15-19,24-25H,5-8,12-14H2,1-4H3/t16-,17+,18-,19-. The summed E-state index contributed by atoms with van der Waals surface area (Å²) in [5.41, 5.74) is 1.41. The van der Waals surface area contributed by atoms with E-state index < -0.39 is 15.3 Å². The lowest BCUT2D eigenvalue weighted by Gasteiger charge is -2.37. The summed E-state index contributed by atoms with van der Waals surface area (Å²) in [4.78, 5) is 2.17. The van der Waals surface area contributed by atoms with Crippen molar-refractivity contribution in [3.63, 3.8) is 0 Å². The van der Waals surface area contributed by atoms with Crippen LogP contribution in [0.3, 0.4) is 0 Å². The number of anilines is 2. The molecule has 0 unspecified atom stereocenters. The molecular formula is C22H36FN3O3S. The highest BCUT2D eigenvalue weighted by molar-refractivity contribution is 7.90. The molecule has 1 saturated carbocycles. The van der Waals surface area contributed by atoms with E-state index in [9.17, 15) is 12.8 Å². The first kappa shape index (κ1) is 23.3. The fraction of sp³-hybridized carbons (Fsp3) is 0.727. The Morgan fingerprint density at radius 1 is 1.13 bits per heavy atom. The number of ether oxygens (including phenoxy) is 1. The summed E-state index contributed by atoms with van der Waals surface area (Å²) >= 11 is 0. The van der Waals surface area contributed by atoms with Crippen molar-refractivity contribution in [2.24, 2.45) is 5.92 Å². The zero-order valence-electron chi connectivity index (χ0n) is 18.5. The van der Waals surface area contributed by atoms with E-state index in [2.05, 4.69) is 14.9 Å². The Morgan fingerprint density at radius 3 is 2.33 bits per heavy atom. The molecular weight excluding hydrogens is 405 g/mol. The van der Waals surface area contributed by atoms with Crippen molar-refractivity contribution in [2.45, 2.75) is 76.9 Å². The first-order valence-electron chi connectivity index (χ1n) is 11.1. The minimum absolute atomic E-state index is 0.0166. The number of hydrogen-bond acceptors (Lipinski definition) is 5. The van der Waals surface area contributed by atoms with Crippen molar-refractivity contribution in [1.82, 2.24) is 4.72 Å². The number of nitrogens with zero attached hydrogens (tertiary/aromatic N) is 1. The van der Waals surface area contributed by atoms with E-state index in [1.165, 1.54) is 0 Å². The van der Waals surface area contributed by atoms with Crippen LogP contribution < -0.4 is 14.9 Å². The molecule has 0 amide bonds. The van der Waals surface area contributed by atoms with Crippen LogP contribution in [-0.4, -0.2) is 51.6 Å². The molecule has 2 aliphatic rings. The summed E-state index contributed by atoms with van der Waals surface area (Å²) in [7, 11) is -3.22. The van der Waals surface area contributed by atoms with Gasteiger partial charge >= 0.3 is 0 Å². The highest BCUT2D eigenvalue weighted by atomic mass is 32.2. The molecule has 0 bridgehead atoms. The van der Waals surface area contributed by atoms with Gasteiger partial charge in [-0.05, 0) is 77.5 Å². The van der Waals surface area contributed by atoms with Gasteiger partial charge in [0.2, 0.25) is 10.0 Å². The van der Waals surface area contributed by atoms with E-state index >= 15 is 0 Å². The van der Waals surface area contributed by atoms with Crippen LogP contribution in [0, 0.1) is 11.7 Å². The van der Waals surface area contributed by atoms with Crippen molar-refractivity contribution in [1.29, 1.82) is 0 Å². The van der Waals surface area contributed by atoms with E-state index in [-0.39, 0.29) is 24.1 Å². The van der Waals surface area contributed by atoms with Crippen LogP contribution in [0.1, 0.15) is 53.4 Å².